The zero-order valence-electron chi connectivity index (χ0n) is 12.5. The molecular weight excluding hydrogens is 351 g/mol. The number of amides is 1. The summed E-state index contributed by atoms with van der Waals surface area (Å²) in [7, 11) is 1.41. The molecule has 0 atom stereocenters. The summed E-state index contributed by atoms with van der Waals surface area (Å²) >= 11 is 11.7. The van der Waals surface area contributed by atoms with Crippen molar-refractivity contribution in [3.63, 3.8) is 0 Å². The second-order valence-corrected chi connectivity index (χ2v) is 5.50. The molecule has 2 rings (SSSR count). The minimum absolute atomic E-state index is 0.0339. The summed E-state index contributed by atoms with van der Waals surface area (Å²) in [6.45, 7) is 0. The van der Waals surface area contributed by atoms with Crippen LogP contribution in [0.5, 0.6) is 11.5 Å². The zero-order valence-corrected chi connectivity index (χ0v) is 14.0. The molecule has 0 unspecified atom stereocenters. The lowest BCUT2D eigenvalue weighted by molar-refractivity contribution is -0.112. The summed E-state index contributed by atoms with van der Waals surface area (Å²) < 4.78 is 4.99. The number of benzene rings is 2. The van der Waals surface area contributed by atoms with Crippen LogP contribution in [0.25, 0.3) is 6.08 Å². The van der Waals surface area contributed by atoms with Crippen LogP contribution in [0.3, 0.4) is 0 Å². The van der Waals surface area contributed by atoms with E-state index in [1.54, 1.807) is 18.2 Å². The van der Waals surface area contributed by atoms with Crippen LogP contribution >= 0.6 is 23.2 Å². The van der Waals surface area contributed by atoms with Crippen LogP contribution in [0.1, 0.15) is 5.56 Å². The summed E-state index contributed by atoms with van der Waals surface area (Å²) in [5, 5.41) is 22.0. The Morgan fingerprint density at radius 2 is 2.00 bits per heavy atom. The Morgan fingerprint density at radius 3 is 2.62 bits per heavy atom. The highest BCUT2D eigenvalue weighted by Gasteiger charge is 2.11. The maximum absolute atomic E-state index is 12.2. The Kier molecular flexibility index (Phi) is 5.69. The molecule has 2 N–H and O–H groups in total. The van der Waals surface area contributed by atoms with Crippen molar-refractivity contribution >= 4 is 40.9 Å². The second-order valence-electron chi connectivity index (χ2n) is 4.68. The highest BCUT2D eigenvalue weighted by molar-refractivity contribution is 6.42. The molecule has 24 heavy (non-hydrogen) atoms. The van der Waals surface area contributed by atoms with Crippen molar-refractivity contribution in [2.75, 3.05) is 12.4 Å². The van der Waals surface area contributed by atoms with Crippen LogP contribution < -0.4 is 10.1 Å². The molecule has 5 nitrogen and oxygen atoms in total. The predicted molar refractivity (Wildman–Crippen MR) is 93.3 cm³/mol. The van der Waals surface area contributed by atoms with Crippen LogP contribution in [0.2, 0.25) is 10.0 Å². The Labute approximate surface area is 148 Å². The first-order valence-corrected chi connectivity index (χ1v) is 7.45. The molecule has 0 aliphatic rings. The van der Waals surface area contributed by atoms with Crippen LogP contribution in [0.4, 0.5) is 5.69 Å². The van der Waals surface area contributed by atoms with Crippen molar-refractivity contribution in [3.8, 4) is 17.6 Å². The number of nitriles is 1. The smallest absolute Gasteiger partial charge is 0.266 e. The van der Waals surface area contributed by atoms with Gasteiger partial charge in [0.15, 0.2) is 11.5 Å². The van der Waals surface area contributed by atoms with Crippen LogP contribution in [-0.4, -0.2) is 18.1 Å². The molecule has 7 heteroatoms. The van der Waals surface area contributed by atoms with Gasteiger partial charge in [0.1, 0.15) is 11.6 Å². The number of hydrogen-bond acceptors (Lipinski definition) is 4. The van der Waals surface area contributed by atoms with E-state index in [1.165, 1.54) is 31.4 Å². The van der Waals surface area contributed by atoms with E-state index >= 15 is 0 Å². The molecule has 0 bridgehead atoms. The van der Waals surface area contributed by atoms with Crippen molar-refractivity contribution < 1.29 is 14.6 Å². The highest BCUT2D eigenvalue weighted by Crippen LogP contribution is 2.28. The van der Waals surface area contributed by atoms with Gasteiger partial charge in [-0.1, -0.05) is 29.3 Å². The van der Waals surface area contributed by atoms with Crippen LogP contribution in [0, 0.1) is 11.3 Å². The van der Waals surface area contributed by atoms with E-state index < -0.39 is 5.91 Å². The minimum atomic E-state index is -0.595. The van der Waals surface area contributed by atoms with Crippen molar-refractivity contribution in [3.05, 3.63) is 57.6 Å². The zero-order chi connectivity index (χ0) is 17.7. The van der Waals surface area contributed by atoms with E-state index in [-0.39, 0.29) is 17.1 Å². The topological polar surface area (TPSA) is 82.3 Å². The molecule has 0 saturated carbocycles. The van der Waals surface area contributed by atoms with E-state index in [1.807, 2.05) is 6.07 Å². The fourth-order valence-electron chi connectivity index (χ4n) is 1.87. The van der Waals surface area contributed by atoms with E-state index in [2.05, 4.69) is 5.32 Å². The number of nitrogens with one attached hydrogen (secondary N) is 1. The molecule has 0 spiro atoms. The fourth-order valence-corrected chi connectivity index (χ4v) is 2.17. The Bertz CT molecular complexity index is 857. The average Bonchev–Trinajstić information content (AvgIpc) is 2.57. The van der Waals surface area contributed by atoms with Crippen LogP contribution in [0.15, 0.2) is 42.0 Å². The number of phenols is 1. The molecule has 0 heterocycles. The third-order valence-corrected chi connectivity index (χ3v) is 3.80. The summed E-state index contributed by atoms with van der Waals surface area (Å²) in [6, 6.07) is 10.9. The Balaban J connectivity index is 2.25. The first-order chi connectivity index (χ1) is 11.4. The summed E-state index contributed by atoms with van der Waals surface area (Å²) in [6.07, 6.45) is 1.38. The third-order valence-electron chi connectivity index (χ3n) is 3.06. The van der Waals surface area contributed by atoms with Crippen LogP contribution in [-0.2, 0) is 4.79 Å². The standard InChI is InChI=1S/C17H12Cl2N2O3/c1-24-16-7-10(2-5-15(16)22)6-11(9-20)17(23)21-12-3-4-13(18)14(19)8-12/h2-8,22H,1H3,(H,21,23)/b11-6-. The predicted octanol–water partition coefficient (Wildman–Crippen LogP) is 4.25. The molecule has 0 aromatic heterocycles. The number of rotatable bonds is 4. The molecule has 0 radical (unpaired) electrons. The van der Waals surface area contributed by atoms with Crippen molar-refractivity contribution in [2.24, 2.45) is 0 Å². The summed E-state index contributed by atoms with van der Waals surface area (Å²) in [5.41, 5.74) is 0.832. The quantitative estimate of drug-likeness (QED) is 0.628. The van der Waals surface area contributed by atoms with Gasteiger partial charge in [0, 0.05) is 5.69 Å². The molecule has 0 saturated heterocycles. The number of ether oxygens (including phenoxy) is 1. The van der Waals surface area contributed by atoms with E-state index in [9.17, 15) is 15.2 Å². The summed E-state index contributed by atoms with van der Waals surface area (Å²) in [4.78, 5) is 12.2. The van der Waals surface area contributed by atoms with Crippen molar-refractivity contribution in [1.29, 1.82) is 5.26 Å². The molecule has 0 fully saturated rings. The Morgan fingerprint density at radius 1 is 1.25 bits per heavy atom. The number of anilines is 1. The van der Waals surface area contributed by atoms with Gasteiger partial charge in [-0.05, 0) is 42.0 Å². The Hall–Kier alpha value is -2.68. The number of methoxy groups -OCH3 is 1. The number of carbonyl (C=O) groups excluding carboxylic acids is 1. The SMILES string of the molecule is COc1cc(/C=C(/C#N)C(=O)Nc2ccc(Cl)c(Cl)c2)ccc1O. The molecule has 2 aromatic rings. The number of nitrogens with zero attached hydrogens (tertiary/aromatic N) is 1. The molecular formula is C17H12Cl2N2O3. The number of carbonyl (C=O) groups is 1. The second kappa shape index (κ2) is 7.73. The van der Waals surface area contributed by atoms with Gasteiger partial charge < -0.3 is 15.2 Å². The van der Waals surface area contributed by atoms with Gasteiger partial charge in [-0.2, -0.15) is 5.26 Å². The maximum Gasteiger partial charge on any atom is 0.266 e. The highest BCUT2D eigenvalue weighted by atomic mass is 35.5. The lowest BCUT2D eigenvalue weighted by Gasteiger charge is -2.06. The van der Waals surface area contributed by atoms with Gasteiger partial charge in [-0.25, -0.2) is 0 Å². The number of halogens is 2. The van der Waals surface area contributed by atoms with Gasteiger partial charge in [0.2, 0.25) is 0 Å². The van der Waals surface area contributed by atoms with Crippen molar-refractivity contribution in [2.45, 2.75) is 0 Å². The largest absolute Gasteiger partial charge is 0.504 e. The molecule has 1 amide bonds. The lowest BCUT2D eigenvalue weighted by atomic mass is 10.1. The normalized spacial score (nSPS) is 10.8. The minimum Gasteiger partial charge on any atom is -0.504 e. The average molecular weight is 363 g/mol. The third kappa shape index (κ3) is 4.19. The summed E-state index contributed by atoms with van der Waals surface area (Å²) in [5.74, 6) is -0.387. The van der Waals surface area contributed by atoms with Crippen molar-refractivity contribution in [1.82, 2.24) is 0 Å². The van der Waals surface area contributed by atoms with E-state index in [0.29, 0.717) is 21.3 Å². The first-order valence-electron chi connectivity index (χ1n) is 6.70. The number of hydrogen-bond donors (Lipinski definition) is 2. The first kappa shape index (κ1) is 17.7. The fraction of sp³-hybridized carbons (Fsp3) is 0.0588. The monoisotopic (exact) mass is 362 g/mol. The maximum atomic E-state index is 12.2. The van der Waals surface area contributed by atoms with Gasteiger partial charge in [0.25, 0.3) is 5.91 Å². The van der Waals surface area contributed by atoms with Gasteiger partial charge in [0.05, 0.1) is 17.2 Å². The molecule has 0 aliphatic heterocycles. The van der Waals surface area contributed by atoms with E-state index in [0.717, 1.165) is 0 Å². The number of phenolic OH excluding ortho intramolecular Hbond substituents is 1. The molecule has 2 aromatic carbocycles. The van der Waals surface area contributed by atoms with Gasteiger partial charge >= 0.3 is 0 Å². The van der Waals surface area contributed by atoms with Gasteiger partial charge in [-0.3, -0.25) is 4.79 Å². The number of aromatic hydroxyl groups is 1. The molecule has 122 valence electrons. The van der Waals surface area contributed by atoms with Gasteiger partial charge in [-0.15, -0.1) is 0 Å². The van der Waals surface area contributed by atoms with E-state index in [4.69, 9.17) is 27.9 Å². The lowest BCUT2D eigenvalue weighted by Crippen LogP contribution is -2.13. The molecule has 0 aliphatic carbocycles.